The lowest BCUT2D eigenvalue weighted by molar-refractivity contribution is 0.231. The molecule has 0 heterocycles. The van der Waals surface area contributed by atoms with Gasteiger partial charge in [-0.3, -0.25) is 0 Å². The number of hydrogen-bond acceptors (Lipinski definition) is 1. The van der Waals surface area contributed by atoms with E-state index < -0.39 is 0 Å². The first kappa shape index (κ1) is 11.0. The van der Waals surface area contributed by atoms with Gasteiger partial charge >= 0.3 is 0 Å². The van der Waals surface area contributed by atoms with Gasteiger partial charge in [0, 0.05) is 0 Å². The summed E-state index contributed by atoms with van der Waals surface area (Å²) in [5.41, 5.74) is 0. The summed E-state index contributed by atoms with van der Waals surface area (Å²) >= 11 is 0. The molecule has 0 bridgehead atoms. The van der Waals surface area contributed by atoms with Gasteiger partial charge in [0.05, 0.1) is 0 Å². The van der Waals surface area contributed by atoms with E-state index in [9.17, 15) is 0 Å². The van der Waals surface area contributed by atoms with E-state index in [0.717, 1.165) is 11.8 Å². The molecule has 1 unspecified atom stereocenters. The van der Waals surface area contributed by atoms with Crippen molar-refractivity contribution >= 4 is 0 Å². The van der Waals surface area contributed by atoms with E-state index in [0.29, 0.717) is 0 Å². The van der Waals surface area contributed by atoms with Crippen LogP contribution in [0.2, 0.25) is 0 Å². The van der Waals surface area contributed by atoms with Gasteiger partial charge in [0.1, 0.15) is 0 Å². The molecule has 0 radical (unpaired) electrons. The fraction of sp³-hybridized carbons (Fsp3) is 1.00. The Morgan fingerprint density at radius 3 is 2.46 bits per heavy atom. The van der Waals surface area contributed by atoms with Gasteiger partial charge in [-0.15, -0.1) is 0 Å². The van der Waals surface area contributed by atoms with Gasteiger partial charge < -0.3 is 5.32 Å². The first-order valence-electron chi connectivity index (χ1n) is 6.03. The lowest BCUT2D eigenvalue weighted by Crippen LogP contribution is -2.27. The molecule has 1 aliphatic carbocycles. The molecule has 1 aliphatic rings. The molecular weight excluding hydrogens is 158 g/mol. The van der Waals surface area contributed by atoms with Crippen LogP contribution in [0.15, 0.2) is 0 Å². The summed E-state index contributed by atoms with van der Waals surface area (Å²) in [7, 11) is 2.09. The maximum Gasteiger partial charge on any atom is -0.00209 e. The van der Waals surface area contributed by atoms with E-state index in [2.05, 4.69) is 19.3 Å². The van der Waals surface area contributed by atoms with Crippen LogP contribution in [0, 0.1) is 11.8 Å². The quantitative estimate of drug-likeness (QED) is 0.690. The molecule has 0 aromatic heterocycles. The van der Waals surface area contributed by atoms with E-state index in [4.69, 9.17) is 0 Å². The summed E-state index contributed by atoms with van der Waals surface area (Å²) in [6.45, 7) is 3.55. The molecule has 0 spiro atoms. The van der Waals surface area contributed by atoms with Gasteiger partial charge in [0.15, 0.2) is 0 Å². The summed E-state index contributed by atoms with van der Waals surface area (Å²) in [6, 6.07) is 0. The first-order valence-corrected chi connectivity index (χ1v) is 6.03. The fourth-order valence-corrected chi connectivity index (χ4v) is 2.74. The molecule has 0 saturated heterocycles. The van der Waals surface area contributed by atoms with Crippen molar-refractivity contribution in [2.45, 2.75) is 51.9 Å². The SMILES string of the molecule is CCCC(CNC)C1CCCCC1. The highest BCUT2D eigenvalue weighted by Crippen LogP contribution is 2.31. The third-order valence-electron chi connectivity index (χ3n) is 3.44. The molecule has 1 N–H and O–H groups in total. The number of rotatable bonds is 5. The topological polar surface area (TPSA) is 12.0 Å². The van der Waals surface area contributed by atoms with E-state index in [-0.39, 0.29) is 0 Å². The predicted octanol–water partition coefficient (Wildman–Crippen LogP) is 3.20. The summed E-state index contributed by atoms with van der Waals surface area (Å²) in [4.78, 5) is 0. The van der Waals surface area contributed by atoms with Gasteiger partial charge in [0.2, 0.25) is 0 Å². The Labute approximate surface area is 83.3 Å². The van der Waals surface area contributed by atoms with E-state index in [1.165, 1.54) is 51.5 Å². The molecule has 1 rings (SSSR count). The average molecular weight is 183 g/mol. The summed E-state index contributed by atoms with van der Waals surface area (Å²) in [5.74, 6) is 1.98. The van der Waals surface area contributed by atoms with Crippen molar-refractivity contribution in [2.75, 3.05) is 13.6 Å². The fourth-order valence-electron chi connectivity index (χ4n) is 2.74. The summed E-state index contributed by atoms with van der Waals surface area (Å²) in [5, 5.41) is 3.35. The van der Waals surface area contributed by atoms with Crippen molar-refractivity contribution < 1.29 is 0 Å². The molecule has 0 amide bonds. The van der Waals surface area contributed by atoms with Crippen LogP contribution in [0.3, 0.4) is 0 Å². The molecule has 13 heavy (non-hydrogen) atoms. The van der Waals surface area contributed by atoms with Crippen LogP contribution in [0.25, 0.3) is 0 Å². The lowest BCUT2D eigenvalue weighted by Gasteiger charge is -2.30. The van der Waals surface area contributed by atoms with Gasteiger partial charge in [-0.25, -0.2) is 0 Å². The Bertz CT molecular complexity index is 110. The van der Waals surface area contributed by atoms with Crippen LogP contribution in [-0.2, 0) is 0 Å². The molecular formula is C12H25N. The van der Waals surface area contributed by atoms with Crippen LogP contribution in [0.5, 0.6) is 0 Å². The van der Waals surface area contributed by atoms with E-state index >= 15 is 0 Å². The third-order valence-corrected chi connectivity index (χ3v) is 3.44. The number of nitrogens with one attached hydrogen (secondary N) is 1. The van der Waals surface area contributed by atoms with Crippen molar-refractivity contribution in [3.05, 3.63) is 0 Å². The molecule has 1 fully saturated rings. The standard InChI is InChI=1S/C12H25N/c1-3-7-12(10-13-2)11-8-5-4-6-9-11/h11-13H,3-10H2,1-2H3. The molecule has 78 valence electrons. The lowest BCUT2D eigenvalue weighted by atomic mass is 9.78. The molecule has 1 saturated carbocycles. The van der Waals surface area contributed by atoms with Crippen LogP contribution in [-0.4, -0.2) is 13.6 Å². The van der Waals surface area contributed by atoms with Crippen molar-refractivity contribution in [3.8, 4) is 0 Å². The highest BCUT2D eigenvalue weighted by atomic mass is 14.8. The maximum absolute atomic E-state index is 3.35. The summed E-state index contributed by atoms with van der Waals surface area (Å²) < 4.78 is 0. The second-order valence-electron chi connectivity index (χ2n) is 4.50. The van der Waals surface area contributed by atoms with E-state index in [1.54, 1.807) is 0 Å². The molecule has 0 aliphatic heterocycles. The Morgan fingerprint density at radius 1 is 1.23 bits per heavy atom. The van der Waals surface area contributed by atoms with Gasteiger partial charge in [0.25, 0.3) is 0 Å². The first-order chi connectivity index (χ1) is 6.38. The third kappa shape index (κ3) is 3.68. The second-order valence-corrected chi connectivity index (χ2v) is 4.50. The Morgan fingerprint density at radius 2 is 1.92 bits per heavy atom. The molecule has 1 heteroatoms. The van der Waals surface area contributed by atoms with Gasteiger partial charge in [-0.05, 0) is 31.8 Å². The maximum atomic E-state index is 3.35. The smallest absolute Gasteiger partial charge is 0.00209 e. The van der Waals surface area contributed by atoms with Crippen molar-refractivity contribution in [1.29, 1.82) is 0 Å². The minimum absolute atomic E-state index is 0.954. The van der Waals surface area contributed by atoms with Gasteiger partial charge in [-0.2, -0.15) is 0 Å². The minimum atomic E-state index is 0.954. The van der Waals surface area contributed by atoms with Crippen LogP contribution in [0.4, 0.5) is 0 Å². The van der Waals surface area contributed by atoms with Gasteiger partial charge in [-0.1, -0.05) is 45.4 Å². The molecule has 0 aromatic rings. The normalized spacial score (nSPS) is 21.7. The minimum Gasteiger partial charge on any atom is -0.319 e. The van der Waals surface area contributed by atoms with E-state index in [1.807, 2.05) is 0 Å². The van der Waals surface area contributed by atoms with Crippen molar-refractivity contribution in [3.63, 3.8) is 0 Å². The zero-order chi connectivity index (χ0) is 9.52. The van der Waals surface area contributed by atoms with Crippen LogP contribution < -0.4 is 5.32 Å². The zero-order valence-corrected chi connectivity index (χ0v) is 9.31. The Kier molecular flexibility index (Phi) is 5.45. The highest BCUT2D eigenvalue weighted by Gasteiger charge is 2.21. The summed E-state index contributed by atoms with van der Waals surface area (Å²) in [6.07, 6.45) is 10.2. The second kappa shape index (κ2) is 6.42. The zero-order valence-electron chi connectivity index (χ0n) is 9.31. The monoisotopic (exact) mass is 183 g/mol. The number of hydrogen-bond donors (Lipinski definition) is 1. The van der Waals surface area contributed by atoms with Crippen LogP contribution >= 0.6 is 0 Å². The van der Waals surface area contributed by atoms with Crippen molar-refractivity contribution in [2.24, 2.45) is 11.8 Å². The highest BCUT2D eigenvalue weighted by molar-refractivity contribution is 4.75. The molecule has 0 aromatic carbocycles. The Hall–Kier alpha value is -0.0400. The average Bonchev–Trinajstić information content (AvgIpc) is 2.19. The predicted molar refractivity (Wildman–Crippen MR) is 58.9 cm³/mol. The van der Waals surface area contributed by atoms with Crippen molar-refractivity contribution in [1.82, 2.24) is 5.32 Å². The molecule has 1 nitrogen and oxygen atoms in total. The largest absolute Gasteiger partial charge is 0.319 e. The molecule has 1 atom stereocenters. The van der Waals surface area contributed by atoms with Crippen LogP contribution in [0.1, 0.15) is 51.9 Å². The Balaban J connectivity index is 2.32.